The van der Waals surface area contributed by atoms with Crippen LogP contribution in [0.2, 0.25) is 0 Å². The number of piperidine rings is 1. The van der Waals surface area contributed by atoms with Crippen LogP contribution in [0.5, 0.6) is 0 Å². The van der Waals surface area contributed by atoms with Crippen molar-refractivity contribution < 1.29 is 9.59 Å². The fourth-order valence-corrected chi connectivity index (χ4v) is 2.59. The van der Waals surface area contributed by atoms with Crippen molar-refractivity contribution in [2.45, 2.75) is 19.8 Å². The van der Waals surface area contributed by atoms with Crippen LogP contribution in [0.25, 0.3) is 0 Å². The summed E-state index contributed by atoms with van der Waals surface area (Å²) in [4.78, 5) is 26.0. The van der Waals surface area contributed by atoms with Crippen LogP contribution in [0, 0.1) is 5.41 Å². The van der Waals surface area contributed by atoms with Crippen LogP contribution >= 0.6 is 0 Å². The van der Waals surface area contributed by atoms with E-state index in [2.05, 4.69) is 10.4 Å². The van der Waals surface area contributed by atoms with Crippen LogP contribution in [0.1, 0.15) is 30.3 Å². The SMILES string of the molecule is CNC(=O)[C@]1(C)CCCN(C(=O)c2ccn(C)n2)C1. The molecule has 1 aliphatic rings. The van der Waals surface area contributed by atoms with E-state index in [0.29, 0.717) is 18.8 Å². The van der Waals surface area contributed by atoms with Crippen molar-refractivity contribution in [1.29, 1.82) is 0 Å². The van der Waals surface area contributed by atoms with Gasteiger partial charge in [-0.05, 0) is 25.8 Å². The van der Waals surface area contributed by atoms with Crippen molar-refractivity contribution in [3.63, 3.8) is 0 Å². The lowest BCUT2D eigenvalue weighted by molar-refractivity contribution is -0.132. The van der Waals surface area contributed by atoms with Crippen molar-refractivity contribution in [2.24, 2.45) is 12.5 Å². The zero-order valence-electron chi connectivity index (χ0n) is 11.6. The maximum absolute atomic E-state index is 12.3. The molecule has 0 aliphatic carbocycles. The van der Waals surface area contributed by atoms with Crippen LogP contribution < -0.4 is 5.32 Å². The quantitative estimate of drug-likeness (QED) is 0.841. The van der Waals surface area contributed by atoms with Crippen molar-refractivity contribution in [1.82, 2.24) is 20.0 Å². The first-order valence-corrected chi connectivity index (χ1v) is 6.47. The molecule has 0 unspecified atom stereocenters. The summed E-state index contributed by atoms with van der Waals surface area (Å²) < 4.78 is 1.61. The molecule has 2 heterocycles. The molecule has 1 aromatic heterocycles. The number of carbonyl (C=O) groups excluding carboxylic acids is 2. The smallest absolute Gasteiger partial charge is 0.274 e. The predicted octanol–water partition coefficient (Wildman–Crippen LogP) is 0.408. The highest BCUT2D eigenvalue weighted by molar-refractivity contribution is 5.93. The monoisotopic (exact) mass is 264 g/mol. The number of hydrogen-bond donors (Lipinski definition) is 1. The molecule has 0 saturated carbocycles. The van der Waals surface area contributed by atoms with Gasteiger partial charge in [-0.2, -0.15) is 5.10 Å². The van der Waals surface area contributed by atoms with Gasteiger partial charge in [-0.3, -0.25) is 14.3 Å². The number of amides is 2. The number of hydrogen-bond acceptors (Lipinski definition) is 3. The van der Waals surface area contributed by atoms with E-state index in [4.69, 9.17) is 0 Å². The van der Waals surface area contributed by atoms with E-state index in [1.165, 1.54) is 0 Å². The standard InChI is InChI=1S/C13H20N4O2/c1-13(12(19)14-2)6-4-7-17(9-13)11(18)10-5-8-16(3)15-10/h5,8H,4,6-7,9H2,1-3H3,(H,14,19)/t13-/m1/s1. The molecule has 0 radical (unpaired) electrons. The van der Waals surface area contributed by atoms with Gasteiger partial charge in [0.05, 0.1) is 5.41 Å². The summed E-state index contributed by atoms with van der Waals surface area (Å²) in [5.74, 6) is -0.110. The normalized spacial score (nSPS) is 23.2. The molecule has 1 N–H and O–H groups in total. The fourth-order valence-electron chi connectivity index (χ4n) is 2.59. The molecule has 6 heteroatoms. The van der Waals surface area contributed by atoms with Gasteiger partial charge in [0.15, 0.2) is 0 Å². The Labute approximate surface area is 112 Å². The minimum atomic E-state index is -0.503. The van der Waals surface area contributed by atoms with Gasteiger partial charge in [0, 0.05) is 33.4 Å². The highest BCUT2D eigenvalue weighted by atomic mass is 16.2. The zero-order chi connectivity index (χ0) is 14.0. The van der Waals surface area contributed by atoms with E-state index in [0.717, 1.165) is 12.8 Å². The molecule has 1 saturated heterocycles. The molecule has 0 aromatic carbocycles. The van der Waals surface area contributed by atoms with Gasteiger partial charge in [-0.15, -0.1) is 0 Å². The lowest BCUT2D eigenvalue weighted by atomic mass is 9.81. The molecule has 1 aliphatic heterocycles. The average Bonchev–Trinajstić information content (AvgIpc) is 2.83. The maximum Gasteiger partial charge on any atom is 0.274 e. The summed E-state index contributed by atoms with van der Waals surface area (Å²) in [6, 6.07) is 1.70. The Morgan fingerprint density at radius 2 is 2.21 bits per heavy atom. The molecular weight excluding hydrogens is 244 g/mol. The first-order valence-electron chi connectivity index (χ1n) is 6.47. The number of aromatic nitrogens is 2. The van der Waals surface area contributed by atoms with Gasteiger partial charge < -0.3 is 10.2 Å². The number of likely N-dealkylation sites (tertiary alicyclic amines) is 1. The Morgan fingerprint density at radius 1 is 1.47 bits per heavy atom. The van der Waals surface area contributed by atoms with E-state index >= 15 is 0 Å². The van der Waals surface area contributed by atoms with Crippen molar-refractivity contribution in [2.75, 3.05) is 20.1 Å². The highest BCUT2D eigenvalue weighted by Gasteiger charge is 2.39. The first-order chi connectivity index (χ1) is 8.96. The van der Waals surface area contributed by atoms with E-state index < -0.39 is 5.41 Å². The lowest BCUT2D eigenvalue weighted by Crippen LogP contribution is -2.51. The van der Waals surface area contributed by atoms with Crippen LogP contribution in [0.15, 0.2) is 12.3 Å². The Bertz CT molecular complexity index is 497. The molecule has 0 spiro atoms. The van der Waals surface area contributed by atoms with E-state index in [-0.39, 0.29) is 11.8 Å². The summed E-state index contributed by atoms with van der Waals surface area (Å²) in [5, 5.41) is 6.81. The highest BCUT2D eigenvalue weighted by Crippen LogP contribution is 2.30. The van der Waals surface area contributed by atoms with Crippen LogP contribution in [0.3, 0.4) is 0 Å². The molecular formula is C13H20N4O2. The molecule has 19 heavy (non-hydrogen) atoms. The van der Waals surface area contributed by atoms with E-state index in [1.807, 2.05) is 6.92 Å². The molecule has 0 bridgehead atoms. The fraction of sp³-hybridized carbons (Fsp3) is 0.615. The molecule has 2 amide bonds. The van der Waals surface area contributed by atoms with E-state index in [9.17, 15) is 9.59 Å². The Balaban J connectivity index is 2.13. The van der Waals surface area contributed by atoms with Gasteiger partial charge in [0.25, 0.3) is 5.91 Å². The minimum absolute atomic E-state index is 0.00831. The average molecular weight is 264 g/mol. The third-order valence-electron chi connectivity index (χ3n) is 3.69. The van der Waals surface area contributed by atoms with Crippen molar-refractivity contribution >= 4 is 11.8 Å². The van der Waals surface area contributed by atoms with Gasteiger partial charge >= 0.3 is 0 Å². The maximum atomic E-state index is 12.3. The molecule has 1 atom stereocenters. The van der Waals surface area contributed by atoms with Crippen LogP contribution in [-0.4, -0.2) is 46.6 Å². The van der Waals surface area contributed by atoms with Gasteiger partial charge in [0.2, 0.25) is 5.91 Å². The third kappa shape index (κ3) is 2.62. The second-order valence-electron chi connectivity index (χ2n) is 5.34. The Kier molecular flexibility index (Phi) is 3.59. The number of rotatable bonds is 2. The Hall–Kier alpha value is -1.85. The number of nitrogens with one attached hydrogen (secondary N) is 1. The van der Waals surface area contributed by atoms with Crippen molar-refractivity contribution in [3.8, 4) is 0 Å². The van der Waals surface area contributed by atoms with Gasteiger partial charge in [-0.25, -0.2) is 0 Å². The topological polar surface area (TPSA) is 67.2 Å². The molecule has 1 fully saturated rings. The minimum Gasteiger partial charge on any atom is -0.359 e. The zero-order valence-corrected chi connectivity index (χ0v) is 11.6. The van der Waals surface area contributed by atoms with Crippen LogP contribution in [0.4, 0.5) is 0 Å². The van der Waals surface area contributed by atoms with Crippen LogP contribution in [-0.2, 0) is 11.8 Å². The second kappa shape index (κ2) is 5.03. The number of aryl methyl sites for hydroxylation is 1. The lowest BCUT2D eigenvalue weighted by Gasteiger charge is -2.38. The third-order valence-corrected chi connectivity index (χ3v) is 3.69. The largest absolute Gasteiger partial charge is 0.359 e. The summed E-state index contributed by atoms with van der Waals surface area (Å²) in [5.41, 5.74) is -0.0686. The molecule has 1 aromatic rings. The summed E-state index contributed by atoms with van der Waals surface area (Å²) >= 11 is 0. The second-order valence-corrected chi connectivity index (χ2v) is 5.34. The van der Waals surface area contributed by atoms with Crippen molar-refractivity contribution in [3.05, 3.63) is 18.0 Å². The summed E-state index contributed by atoms with van der Waals surface area (Å²) in [6.07, 6.45) is 3.39. The summed E-state index contributed by atoms with van der Waals surface area (Å²) in [6.45, 7) is 3.04. The molecule has 104 valence electrons. The van der Waals surface area contributed by atoms with Gasteiger partial charge in [0.1, 0.15) is 5.69 Å². The Morgan fingerprint density at radius 3 is 2.79 bits per heavy atom. The first kappa shape index (κ1) is 13.6. The number of carbonyl (C=O) groups is 2. The summed E-state index contributed by atoms with van der Waals surface area (Å²) in [7, 11) is 3.41. The molecule has 2 rings (SSSR count). The van der Waals surface area contributed by atoms with Gasteiger partial charge in [-0.1, -0.05) is 0 Å². The predicted molar refractivity (Wildman–Crippen MR) is 70.5 cm³/mol. The number of nitrogens with zero attached hydrogens (tertiary/aromatic N) is 3. The molecule has 6 nitrogen and oxygen atoms in total. The van der Waals surface area contributed by atoms with E-state index in [1.54, 1.807) is 35.9 Å².